The van der Waals surface area contributed by atoms with Crippen LogP contribution in [0.5, 0.6) is 0 Å². The van der Waals surface area contributed by atoms with Crippen LogP contribution in [-0.2, 0) is 4.79 Å². The molecule has 0 unspecified atom stereocenters. The fourth-order valence-corrected chi connectivity index (χ4v) is 1.67. The summed E-state index contributed by atoms with van der Waals surface area (Å²) in [5, 5.41) is 0. The van der Waals surface area contributed by atoms with E-state index in [9.17, 15) is 9.59 Å². The van der Waals surface area contributed by atoms with Crippen molar-refractivity contribution in [3.8, 4) is 0 Å². The summed E-state index contributed by atoms with van der Waals surface area (Å²) < 4.78 is 0. The molecule has 0 atom stereocenters. The van der Waals surface area contributed by atoms with Gasteiger partial charge in [-0.15, -0.1) is 0 Å². The number of aryl methyl sites for hydroxylation is 1. The number of rotatable bonds is 3. The SMILES string of the molecule is Cc1ccc(C(=O)NNC(=O)C=Cc2ccccc2)cc1. The van der Waals surface area contributed by atoms with Crippen LogP contribution >= 0.6 is 0 Å². The van der Waals surface area contributed by atoms with Crippen molar-refractivity contribution in [3.05, 3.63) is 77.4 Å². The molecule has 4 heteroatoms. The van der Waals surface area contributed by atoms with Gasteiger partial charge in [0.25, 0.3) is 11.8 Å². The third-order valence-corrected chi connectivity index (χ3v) is 2.84. The molecular weight excluding hydrogens is 264 g/mol. The minimum Gasteiger partial charge on any atom is -0.268 e. The Balaban J connectivity index is 1.85. The van der Waals surface area contributed by atoms with Crippen LogP contribution in [0, 0.1) is 6.92 Å². The maximum Gasteiger partial charge on any atom is 0.269 e. The molecule has 0 radical (unpaired) electrons. The first-order valence-electron chi connectivity index (χ1n) is 6.55. The van der Waals surface area contributed by atoms with Crippen LogP contribution in [0.15, 0.2) is 60.7 Å². The maximum atomic E-state index is 11.8. The molecule has 2 amide bonds. The molecule has 0 aromatic heterocycles. The zero-order valence-corrected chi connectivity index (χ0v) is 11.7. The largest absolute Gasteiger partial charge is 0.269 e. The number of carbonyl (C=O) groups excluding carboxylic acids is 2. The van der Waals surface area contributed by atoms with E-state index in [0.717, 1.165) is 11.1 Å². The van der Waals surface area contributed by atoms with Crippen molar-refractivity contribution in [2.75, 3.05) is 0 Å². The zero-order valence-electron chi connectivity index (χ0n) is 11.7. The van der Waals surface area contributed by atoms with Crippen LogP contribution in [0.25, 0.3) is 6.08 Å². The van der Waals surface area contributed by atoms with E-state index in [1.165, 1.54) is 6.08 Å². The molecule has 0 aliphatic carbocycles. The zero-order chi connectivity index (χ0) is 15.1. The Morgan fingerprint density at radius 2 is 1.57 bits per heavy atom. The lowest BCUT2D eigenvalue weighted by Crippen LogP contribution is -2.40. The molecule has 0 spiro atoms. The average Bonchev–Trinajstić information content (AvgIpc) is 2.52. The second-order valence-corrected chi connectivity index (χ2v) is 4.55. The maximum absolute atomic E-state index is 11.8. The summed E-state index contributed by atoms with van der Waals surface area (Å²) in [5.74, 6) is -0.740. The molecule has 2 N–H and O–H groups in total. The van der Waals surface area contributed by atoms with E-state index in [1.54, 1.807) is 18.2 Å². The first-order valence-corrected chi connectivity index (χ1v) is 6.55. The van der Waals surface area contributed by atoms with Gasteiger partial charge in [0.1, 0.15) is 0 Å². The highest BCUT2D eigenvalue weighted by Gasteiger charge is 2.05. The Hall–Kier alpha value is -2.88. The molecule has 0 aliphatic rings. The molecule has 2 aromatic carbocycles. The lowest BCUT2D eigenvalue weighted by Gasteiger charge is -2.05. The van der Waals surface area contributed by atoms with Crippen molar-refractivity contribution in [2.24, 2.45) is 0 Å². The molecule has 4 nitrogen and oxygen atoms in total. The van der Waals surface area contributed by atoms with Gasteiger partial charge in [0, 0.05) is 11.6 Å². The van der Waals surface area contributed by atoms with Gasteiger partial charge >= 0.3 is 0 Å². The molecule has 0 saturated carbocycles. The second kappa shape index (κ2) is 7.05. The van der Waals surface area contributed by atoms with Gasteiger partial charge in [0.05, 0.1) is 0 Å². The molecule has 0 bridgehead atoms. The van der Waals surface area contributed by atoms with Crippen LogP contribution in [0.1, 0.15) is 21.5 Å². The third-order valence-electron chi connectivity index (χ3n) is 2.84. The van der Waals surface area contributed by atoms with Gasteiger partial charge in [-0.3, -0.25) is 20.4 Å². The van der Waals surface area contributed by atoms with Gasteiger partial charge in [0.15, 0.2) is 0 Å². The number of hydrogen-bond donors (Lipinski definition) is 2. The van der Waals surface area contributed by atoms with Crippen LogP contribution in [0.2, 0.25) is 0 Å². The molecule has 0 fully saturated rings. The Labute approximate surface area is 123 Å². The van der Waals surface area contributed by atoms with Crippen molar-refractivity contribution >= 4 is 17.9 Å². The predicted octanol–water partition coefficient (Wildman–Crippen LogP) is 2.47. The van der Waals surface area contributed by atoms with E-state index in [-0.39, 0.29) is 11.8 Å². The van der Waals surface area contributed by atoms with Gasteiger partial charge in [-0.1, -0.05) is 48.0 Å². The smallest absolute Gasteiger partial charge is 0.268 e. The van der Waals surface area contributed by atoms with Crippen molar-refractivity contribution in [3.63, 3.8) is 0 Å². The highest BCUT2D eigenvalue weighted by Crippen LogP contribution is 2.02. The van der Waals surface area contributed by atoms with Crippen LogP contribution in [-0.4, -0.2) is 11.8 Å². The lowest BCUT2D eigenvalue weighted by molar-refractivity contribution is -0.117. The van der Waals surface area contributed by atoms with Crippen LogP contribution in [0.3, 0.4) is 0 Å². The number of amides is 2. The lowest BCUT2D eigenvalue weighted by atomic mass is 10.1. The fraction of sp³-hybridized carbons (Fsp3) is 0.0588. The van der Waals surface area contributed by atoms with Crippen LogP contribution in [0.4, 0.5) is 0 Å². The van der Waals surface area contributed by atoms with Gasteiger partial charge in [-0.25, -0.2) is 0 Å². The van der Waals surface area contributed by atoms with Crippen molar-refractivity contribution in [2.45, 2.75) is 6.92 Å². The molecule has 0 heterocycles. The minimum atomic E-state index is -0.390. The van der Waals surface area contributed by atoms with Crippen LogP contribution < -0.4 is 10.9 Å². The second-order valence-electron chi connectivity index (χ2n) is 4.55. The summed E-state index contributed by atoms with van der Waals surface area (Å²) in [6.45, 7) is 1.94. The summed E-state index contributed by atoms with van der Waals surface area (Å²) in [6.07, 6.45) is 3.04. The number of carbonyl (C=O) groups is 2. The monoisotopic (exact) mass is 280 g/mol. The van der Waals surface area contributed by atoms with E-state index in [4.69, 9.17) is 0 Å². The molecule has 0 aliphatic heterocycles. The topological polar surface area (TPSA) is 58.2 Å². The summed E-state index contributed by atoms with van der Waals surface area (Å²) >= 11 is 0. The highest BCUT2D eigenvalue weighted by atomic mass is 16.2. The van der Waals surface area contributed by atoms with E-state index >= 15 is 0 Å². The number of nitrogens with one attached hydrogen (secondary N) is 2. The first-order chi connectivity index (χ1) is 10.1. The van der Waals surface area contributed by atoms with E-state index < -0.39 is 0 Å². The standard InChI is InChI=1S/C17H16N2O2/c1-13-7-10-15(11-8-13)17(21)19-18-16(20)12-9-14-5-3-2-4-6-14/h2-12H,1H3,(H,18,20)(H,19,21). The van der Waals surface area contributed by atoms with Gasteiger partial charge in [0.2, 0.25) is 0 Å². The van der Waals surface area contributed by atoms with Crippen molar-refractivity contribution in [1.29, 1.82) is 0 Å². The van der Waals surface area contributed by atoms with Gasteiger partial charge < -0.3 is 0 Å². The quantitative estimate of drug-likeness (QED) is 0.670. The number of hydrogen-bond acceptors (Lipinski definition) is 2. The van der Waals surface area contributed by atoms with E-state index in [0.29, 0.717) is 5.56 Å². The average molecular weight is 280 g/mol. The van der Waals surface area contributed by atoms with Crippen molar-refractivity contribution in [1.82, 2.24) is 10.9 Å². The minimum absolute atomic E-state index is 0.350. The molecular formula is C17H16N2O2. The fourth-order valence-electron chi connectivity index (χ4n) is 1.67. The molecule has 21 heavy (non-hydrogen) atoms. The van der Waals surface area contributed by atoms with E-state index in [1.807, 2.05) is 49.4 Å². The van der Waals surface area contributed by atoms with Gasteiger partial charge in [-0.05, 0) is 30.7 Å². The Bertz CT molecular complexity index is 646. The van der Waals surface area contributed by atoms with E-state index in [2.05, 4.69) is 10.9 Å². The summed E-state index contributed by atoms with van der Waals surface area (Å²) in [5.41, 5.74) is 7.18. The first kappa shape index (κ1) is 14.5. The molecule has 0 saturated heterocycles. The summed E-state index contributed by atoms with van der Waals surface area (Å²) in [7, 11) is 0. The Morgan fingerprint density at radius 1 is 0.905 bits per heavy atom. The summed E-state index contributed by atoms with van der Waals surface area (Å²) in [4.78, 5) is 23.4. The Kier molecular flexibility index (Phi) is 4.88. The number of hydrazine groups is 1. The van der Waals surface area contributed by atoms with Crippen molar-refractivity contribution < 1.29 is 9.59 Å². The highest BCUT2D eigenvalue weighted by molar-refractivity contribution is 5.97. The normalized spacial score (nSPS) is 10.3. The number of benzene rings is 2. The molecule has 2 rings (SSSR count). The molecule has 106 valence electrons. The summed E-state index contributed by atoms with van der Waals surface area (Å²) in [6, 6.07) is 16.5. The Morgan fingerprint density at radius 3 is 2.24 bits per heavy atom. The molecule has 2 aromatic rings. The third kappa shape index (κ3) is 4.62. The predicted molar refractivity (Wildman–Crippen MR) is 82.3 cm³/mol. The van der Waals surface area contributed by atoms with Gasteiger partial charge in [-0.2, -0.15) is 0 Å².